The highest BCUT2D eigenvalue weighted by molar-refractivity contribution is 9.10. The van der Waals surface area contributed by atoms with Crippen LogP contribution < -0.4 is 10.2 Å². The molecular weight excluding hydrogens is 240 g/mol. The van der Waals surface area contributed by atoms with Crippen molar-refractivity contribution in [3.63, 3.8) is 0 Å². The molecule has 2 nitrogen and oxygen atoms in total. The molecule has 1 fully saturated rings. The van der Waals surface area contributed by atoms with Gasteiger partial charge in [-0.05, 0) is 31.0 Å². The molecule has 0 aliphatic carbocycles. The minimum absolute atomic E-state index is 0.726. The van der Waals surface area contributed by atoms with Crippen molar-refractivity contribution in [2.24, 2.45) is 0 Å². The molecule has 14 heavy (non-hydrogen) atoms. The van der Waals surface area contributed by atoms with Crippen molar-refractivity contribution in [3.8, 4) is 0 Å². The van der Waals surface area contributed by atoms with Gasteiger partial charge in [-0.1, -0.05) is 15.9 Å². The lowest BCUT2D eigenvalue weighted by Gasteiger charge is -2.34. The second-order valence-corrected chi connectivity index (χ2v) is 4.95. The fourth-order valence-corrected chi connectivity index (χ4v) is 2.85. The van der Waals surface area contributed by atoms with Crippen LogP contribution in [0.25, 0.3) is 0 Å². The Labute approximate surface area is 92.4 Å². The van der Waals surface area contributed by atoms with Crippen molar-refractivity contribution in [2.75, 3.05) is 23.3 Å². The molecular formula is C11H13BrN2. The Morgan fingerprint density at radius 1 is 1.43 bits per heavy atom. The number of benzene rings is 1. The molecule has 0 aromatic heterocycles. The normalized spacial score (nSPS) is 24.1. The van der Waals surface area contributed by atoms with E-state index in [9.17, 15) is 0 Å². The first-order chi connectivity index (χ1) is 6.84. The fraction of sp³-hybridized carbons (Fsp3) is 0.455. The fourth-order valence-electron chi connectivity index (χ4n) is 2.49. The van der Waals surface area contributed by atoms with Crippen LogP contribution in [-0.4, -0.2) is 19.1 Å². The van der Waals surface area contributed by atoms with Crippen molar-refractivity contribution in [3.05, 3.63) is 22.7 Å². The molecule has 2 aliphatic heterocycles. The van der Waals surface area contributed by atoms with Crippen LogP contribution in [0.1, 0.15) is 12.8 Å². The number of rotatable bonds is 0. The van der Waals surface area contributed by atoms with E-state index in [1.165, 1.54) is 30.8 Å². The predicted octanol–water partition coefficient (Wildman–Crippen LogP) is 2.84. The number of hydrogen-bond donors (Lipinski definition) is 1. The largest absolute Gasteiger partial charge is 0.381 e. The van der Waals surface area contributed by atoms with E-state index in [1.807, 2.05) is 0 Å². The molecule has 0 saturated carbocycles. The molecule has 3 rings (SSSR count). The molecule has 0 spiro atoms. The Morgan fingerprint density at radius 2 is 2.36 bits per heavy atom. The third kappa shape index (κ3) is 1.22. The summed E-state index contributed by atoms with van der Waals surface area (Å²) in [4.78, 5) is 2.54. The lowest BCUT2D eigenvalue weighted by Crippen LogP contribution is -2.39. The van der Waals surface area contributed by atoms with Gasteiger partial charge in [0.25, 0.3) is 0 Å². The Morgan fingerprint density at radius 3 is 3.29 bits per heavy atom. The molecule has 1 N–H and O–H groups in total. The molecule has 0 radical (unpaired) electrons. The van der Waals surface area contributed by atoms with Gasteiger partial charge in [-0.15, -0.1) is 0 Å². The van der Waals surface area contributed by atoms with E-state index in [0.717, 1.165) is 17.1 Å². The van der Waals surface area contributed by atoms with Crippen molar-refractivity contribution in [1.82, 2.24) is 0 Å². The summed E-state index contributed by atoms with van der Waals surface area (Å²) >= 11 is 3.50. The summed E-state index contributed by atoms with van der Waals surface area (Å²) in [5.41, 5.74) is 2.65. The third-order valence-corrected chi connectivity index (χ3v) is 3.67. The molecule has 74 valence electrons. The molecule has 2 heterocycles. The van der Waals surface area contributed by atoms with Crippen LogP contribution in [-0.2, 0) is 0 Å². The maximum atomic E-state index is 3.50. The molecule has 1 atom stereocenters. The average Bonchev–Trinajstić information content (AvgIpc) is 2.65. The highest BCUT2D eigenvalue weighted by atomic mass is 79.9. The molecule has 0 amide bonds. The molecule has 1 aromatic carbocycles. The Kier molecular flexibility index (Phi) is 1.94. The highest BCUT2D eigenvalue weighted by Crippen LogP contribution is 2.37. The van der Waals surface area contributed by atoms with Crippen molar-refractivity contribution < 1.29 is 0 Å². The number of fused-ring (bicyclic) bond motifs is 3. The second-order valence-electron chi connectivity index (χ2n) is 4.03. The zero-order valence-corrected chi connectivity index (χ0v) is 9.55. The van der Waals surface area contributed by atoms with Crippen molar-refractivity contribution >= 4 is 27.3 Å². The zero-order valence-electron chi connectivity index (χ0n) is 7.96. The van der Waals surface area contributed by atoms with Crippen LogP contribution in [0.2, 0.25) is 0 Å². The van der Waals surface area contributed by atoms with E-state index < -0.39 is 0 Å². The number of nitrogens with one attached hydrogen (secondary N) is 1. The van der Waals surface area contributed by atoms with E-state index in [-0.39, 0.29) is 0 Å². The summed E-state index contributed by atoms with van der Waals surface area (Å²) < 4.78 is 1.15. The molecule has 0 unspecified atom stereocenters. The minimum atomic E-state index is 0.726. The predicted molar refractivity (Wildman–Crippen MR) is 63.0 cm³/mol. The van der Waals surface area contributed by atoms with Crippen molar-refractivity contribution in [2.45, 2.75) is 18.9 Å². The Hall–Kier alpha value is -0.700. The first kappa shape index (κ1) is 8.60. The second kappa shape index (κ2) is 3.16. The Bertz CT molecular complexity index is 364. The molecule has 3 heteroatoms. The maximum Gasteiger partial charge on any atom is 0.0605 e. The van der Waals surface area contributed by atoms with E-state index >= 15 is 0 Å². The monoisotopic (exact) mass is 252 g/mol. The molecule has 1 aromatic rings. The smallest absolute Gasteiger partial charge is 0.0605 e. The average molecular weight is 253 g/mol. The summed E-state index contributed by atoms with van der Waals surface area (Å²) in [6, 6.07) is 7.23. The Balaban J connectivity index is 2.05. The van der Waals surface area contributed by atoms with Crippen LogP contribution in [0.4, 0.5) is 11.4 Å². The van der Waals surface area contributed by atoms with Gasteiger partial charge in [0.15, 0.2) is 0 Å². The standard InChI is InChI=1S/C11H13BrN2/c12-8-3-4-11-10(6-8)13-7-9-2-1-5-14(9)11/h3-4,6,9,13H,1-2,5,7H2/t9-/m0/s1. The van der Waals surface area contributed by atoms with Gasteiger partial charge in [0.1, 0.15) is 0 Å². The van der Waals surface area contributed by atoms with Gasteiger partial charge in [-0.3, -0.25) is 0 Å². The van der Waals surface area contributed by atoms with E-state index in [1.54, 1.807) is 0 Å². The van der Waals surface area contributed by atoms with Gasteiger partial charge in [-0.2, -0.15) is 0 Å². The van der Waals surface area contributed by atoms with Gasteiger partial charge in [0.05, 0.1) is 11.4 Å². The third-order valence-electron chi connectivity index (χ3n) is 3.17. The van der Waals surface area contributed by atoms with Crippen LogP contribution in [0.5, 0.6) is 0 Å². The highest BCUT2D eigenvalue weighted by Gasteiger charge is 2.29. The van der Waals surface area contributed by atoms with Gasteiger partial charge in [0.2, 0.25) is 0 Å². The number of nitrogens with zero attached hydrogens (tertiary/aromatic N) is 1. The van der Waals surface area contributed by atoms with Gasteiger partial charge >= 0.3 is 0 Å². The summed E-state index contributed by atoms with van der Waals surface area (Å²) in [5, 5.41) is 3.50. The summed E-state index contributed by atoms with van der Waals surface area (Å²) in [5.74, 6) is 0. The first-order valence-corrected chi connectivity index (χ1v) is 5.94. The minimum Gasteiger partial charge on any atom is -0.381 e. The van der Waals surface area contributed by atoms with Gasteiger partial charge < -0.3 is 10.2 Å². The summed E-state index contributed by atoms with van der Waals surface area (Å²) in [7, 11) is 0. The lowest BCUT2D eigenvalue weighted by molar-refractivity contribution is 0.683. The maximum absolute atomic E-state index is 3.50. The topological polar surface area (TPSA) is 15.3 Å². The SMILES string of the molecule is Brc1ccc2c(c1)NC[C@@H]1CCCN21. The van der Waals surface area contributed by atoms with E-state index in [2.05, 4.69) is 44.3 Å². The molecule has 2 aliphatic rings. The molecule has 0 bridgehead atoms. The number of hydrogen-bond acceptors (Lipinski definition) is 2. The van der Waals surface area contributed by atoms with Crippen LogP contribution in [0.15, 0.2) is 22.7 Å². The van der Waals surface area contributed by atoms with Crippen LogP contribution >= 0.6 is 15.9 Å². The van der Waals surface area contributed by atoms with Crippen LogP contribution in [0, 0.1) is 0 Å². The zero-order chi connectivity index (χ0) is 9.54. The molecule has 1 saturated heterocycles. The van der Waals surface area contributed by atoms with Crippen molar-refractivity contribution in [1.29, 1.82) is 0 Å². The van der Waals surface area contributed by atoms with Crippen LogP contribution in [0.3, 0.4) is 0 Å². The first-order valence-electron chi connectivity index (χ1n) is 5.15. The quantitative estimate of drug-likeness (QED) is 0.764. The summed E-state index contributed by atoms with van der Waals surface area (Å²) in [6.45, 7) is 2.32. The number of anilines is 2. The van der Waals surface area contributed by atoms with E-state index in [0.29, 0.717) is 0 Å². The number of halogens is 1. The van der Waals surface area contributed by atoms with Gasteiger partial charge in [0, 0.05) is 23.6 Å². The summed E-state index contributed by atoms with van der Waals surface area (Å²) in [6.07, 6.45) is 2.67. The lowest BCUT2D eigenvalue weighted by atomic mass is 10.1. The van der Waals surface area contributed by atoms with Gasteiger partial charge in [-0.25, -0.2) is 0 Å². The van der Waals surface area contributed by atoms with E-state index in [4.69, 9.17) is 0 Å².